The first-order valence-corrected chi connectivity index (χ1v) is 10.0. The molecule has 3 nitrogen and oxygen atoms in total. The molecule has 0 saturated carbocycles. The average molecular weight is 392 g/mol. The van der Waals surface area contributed by atoms with Crippen LogP contribution in [-0.2, 0) is 5.75 Å². The molecule has 0 bridgehead atoms. The molecule has 1 aromatic heterocycles. The van der Waals surface area contributed by atoms with Crippen LogP contribution in [0, 0.1) is 6.92 Å². The Morgan fingerprint density at radius 1 is 0.889 bits per heavy atom. The van der Waals surface area contributed by atoms with Crippen molar-refractivity contribution in [3.05, 3.63) is 95.0 Å². The largest absolute Gasteiger partial charge is 0.270 e. The number of aryl methyl sites for hydroxylation is 1. The van der Waals surface area contributed by atoms with Crippen LogP contribution in [0.2, 0.25) is 5.02 Å². The number of rotatable bonds is 5. The zero-order valence-electron chi connectivity index (χ0n) is 14.8. The van der Waals surface area contributed by atoms with E-state index >= 15 is 0 Å². The van der Waals surface area contributed by atoms with E-state index in [0.717, 1.165) is 28.0 Å². The first kappa shape index (κ1) is 17.8. The third-order valence-electron chi connectivity index (χ3n) is 4.20. The number of hydrogen-bond acceptors (Lipinski definition) is 3. The maximum atomic E-state index is 6.08. The molecular weight excluding hydrogens is 374 g/mol. The second kappa shape index (κ2) is 7.99. The molecule has 5 heteroatoms. The summed E-state index contributed by atoms with van der Waals surface area (Å²) in [6, 6.07) is 26.4. The predicted molar refractivity (Wildman–Crippen MR) is 113 cm³/mol. The second-order valence-electron chi connectivity index (χ2n) is 6.26. The number of aromatic nitrogens is 3. The molecule has 0 aliphatic heterocycles. The van der Waals surface area contributed by atoms with Gasteiger partial charge in [0.05, 0.1) is 0 Å². The summed E-state index contributed by atoms with van der Waals surface area (Å²) in [6.07, 6.45) is 0. The van der Waals surface area contributed by atoms with Crippen molar-refractivity contribution in [2.75, 3.05) is 0 Å². The molecule has 3 aromatic carbocycles. The molecule has 0 aliphatic carbocycles. The fourth-order valence-electron chi connectivity index (χ4n) is 2.91. The third kappa shape index (κ3) is 4.07. The molecule has 4 rings (SSSR count). The lowest BCUT2D eigenvalue weighted by atomic mass is 10.2. The number of nitrogens with zero attached hydrogens (tertiary/aromatic N) is 3. The molecule has 0 N–H and O–H groups in total. The predicted octanol–water partition coefficient (Wildman–Crippen LogP) is 6.19. The fraction of sp³-hybridized carbons (Fsp3) is 0.0909. The Morgan fingerprint density at radius 3 is 2.41 bits per heavy atom. The van der Waals surface area contributed by atoms with E-state index in [9.17, 15) is 0 Å². The van der Waals surface area contributed by atoms with Crippen molar-refractivity contribution in [1.82, 2.24) is 14.8 Å². The lowest BCUT2D eigenvalue weighted by Gasteiger charge is -2.11. The summed E-state index contributed by atoms with van der Waals surface area (Å²) in [5.74, 6) is 1.66. The number of thioether (sulfide) groups is 1. The molecule has 0 unspecified atom stereocenters. The Balaban J connectivity index is 1.73. The zero-order chi connectivity index (χ0) is 18.6. The van der Waals surface area contributed by atoms with Crippen molar-refractivity contribution in [1.29, 1.82) is 0 Å². The summed E-state index contributed by atoms with van der Waals surface area (Å²) in [4.78, 5) is 0. The maximum Gasteiger partial charge on any atom is 0.196 e. The summed E-state index contributed by atoms with van der Waals surface area (Å²) in [5.41, 5.74) is 4.56. The van der Waals surface area contributed by atoms with Gasteiger partial charge in [0.25, 0.3) is 0 Å². The highest BCUT2D eigenvalue weighted by atomic mass is 35.5. The van der Waals surface area contributed by atoms with Crippen LogP contribution in [0.25, 0.3) is 17.1 Å². The van der Waals surface area contributed by atoms with Gasteiger partial charge in [0.15, 0.2) is 11.0 Å². The number of halogens is 1. The van der Waals surface area contributed by atoms with Gasteiger partial charge >= 0.3 is 0 Å². The van der Waals surface area contributed by atoms with E-state index in [0.29, 0.717) is 5.02 Å². The molecule has 0 atom stereocenters. The van der Waals surface area contributed by atoms with E-state index in [1.165, 1.54) is 11.1 Å². The van der Waals surface area contributed by atoms with Gasteiger partial charge in [-0.3, -0.25) is 4.57 Å². The highest BCUT2D eigenvalue weighted by Gasteiger charge is 2.16. The molecule has 0 fully saturated rings. The Labute approximate surface area is 168 Å². The Bertz CT molecular complexity index is 1040. The maximum absolute atomic E-state index is 6.08. The van der Waals surface area contributed by atoms with E-state index in [1.807, 2.05) is 54.6 Å². The lowest BCUT2D eigenvalue weighted by molar-refractivity contribution is 0.886. The van der Waals surface area contributed by atoms with Gasteiger partial charge in [-0.25, -0.2) is 0 Å². The van der Waals surface area contributed by atoms with Gasteiger partial charge in [0.1, 0.15) is 0 Å². The van der Waals surface area contributed by atoms with Gasteiger partial charge in [-0.05, 0) is 36.8 Å². The number of benzene rings is 3. The van der Waals surface area contributed by atoms with E-state index in [-0.39, 0.29) is 0 Å². The third-order valence-corrected chi connectivity index (χ3v) is 5.45. The van der Waals surface area contributed by atoms with Gasteiger partial charge in [-0.15, -0.1) is 10.2 Å². The van der Waals surface area contributed by atoms with Crippen molar-refractivity contribution in [2.45, 2.75) is 17.8 Å². The van der Waals surface area contributed by atoms with E-state index < -0.39 is 0 Å². The highest BCUT2D eigenvalue weighted by molar-refractivity contribution is 7.98. The summed E-state index contributed by atoms with van der Waals surface area (Å²) in [6.45, 7) is 2.11. The quantitative estimate of drug-likeness (QED) is 0.380. The summed E-state index contributed by atoms with van der Waals surface area (Å²) in [7, 11) is 0. The van der Waals surface area contributed by atoms with Crippen molar-refractivity contribution in [2.24, 2.45) is 0 Å². The van der Waals surface area contributed by atoms with Crippen molar-refractivity contribution >= 4 is 23.4 Å². The van der Waals surface area contributed by atoms with Crippen molar-refractivity contribution in [3.8, 4) is 17.1 Å². The average Bonchev–Trinajstić information content (AvgIpc) is 3.12. The summed E-state index contributed by atoms with van der Waals surface area (Å²) < 4.78 is 2.09. The minimum Gasteiger partial charge on any atom is -0.270 e. The van der Waals surface area contributed by atoms with Gasteiger partial charge < -0.3 is 0 Å². The van der Waals surface area contributed by atoms with E-state index in [1.54, 1.807) is 11.8 Å². The monoisotopic (exact) mass is 391 g/mol. The van der Waals surface area contributed by atoms with Crippen LogP contribution in [0.15, 0.2) is 84.0 Å². The van der Waals surface area contributed by atoms with Gasteiger partial charge in [0, 0.05) is 22.0 Å². The molecule has 0 radical (unpaired) electrons. The molecular formula is C22H18ClN3S. The fourth-order valence-corrected chi connectivity index (χ4v) is 3.93. The Morgan fingerprint density at radius 2 is 1.67 bits per heavy atom. The van der Waals surface area contributed by atoms with Crippen LogP contribution in [0.4, 0.5) is 0 Å². The lowest BCUT2D eigenvalue weighted by Crippen LogP contribution is -1.99. The molecule has 0 aliphatic rings. The van der Waals surface area contributed by atoms with Crippen molar-refractivity contribution in [3.63, 3.8) is 0 Å². The minimum atomic E-state index is 0.710. The van der Waals surface area contributed by atoms with E-state index in [2.05, 4.69) is 46.0 Å². The first-order valence-electron chi connectivity index (χ1n) is 8.66. The standard InChI is InChI=1S/C22H18ClN3S/c1-16-6-5-7-17(14-16)15-27-22-25-24-21(18-8-3-2-4-9-18)26(22)20-12-10-19(23)11-13-20/h2-14H,15H2,1H3. The molecule has 134 valence electrons. The SMILES string of the molecule is Cc1cccc(CSc2nnc(-c3ccccc3)n2-c2ccc(Cl)cc2)c1. The normalized spacial score (nSPS) is 10.9. The van der Waals surface area contributed by atoms with E-state index in [4.69, 9.17) is 11.6 Å². The first-order chi connectivity index (χ1) is 13.2. The van der Waals surface area contributed by atoms with Gasteiger partial charge in [-0.1, -0.05) is 83.5 Å². The molecule has 27 heavy (non-hydrogen) atoms. The smallest absolute Gasteiger partial charge is 0.196 e. The topological polar surface area (TPSA) is 30.7 Å². The van der Waals surface area contributed by atoms with Gasteiger partial charge in [-0.2, -0.15) is 0 Å². The number of hydrogen-bond donors (Lipinski definition) is 0. The Hall–Kier alpha value is -2.56. The highest BCUT2D eigenvalue weighted by Crippen LogP contribution is 2.30. The van der Waals surface area contributed by atoms with Crippen LogP contribution >= 0.6 is 23.4 Å². The van der Waals surface area contributed by atoms with Crippen LogP contribution in [-0.4, -0.2) is 14.8 Å². The molecule has 0 saturated heterocycles. The minimum absolute atomic E-state index is 0.710. The van der Waals surface area contributed by atoms with Crippen LogP contribution in [0.5, 0.6) is 0 Å². The second-order valence-corrected chi connectivity index (χ2v) is 7.64. The van der Waals surface area contributed by atoms with Crippen molar-refractivity contribution < 1.29 is 0 Å². The van der Waals surface area contributed by atoms with Gasteiger partial charge in [0.2, 0.25) is 0 Å². The molecule has 0 amide bonds. The summed E-state index contributed by atoms with van der Waals surface area (Å²) >= 11 is 7.76. The summed E-state index contributed by atoms with van der Waals surface area (Å²) in [5, 5.41) is 10.5. The molecule has 4 aromatic rings. The van der Waals surface area contributed by atoms with Crippen LogP contribution in [0.3, 0.4) is 0 Å². The molecule has 0 spiro atoms. The zero-order valence-corrected chi connectivity index (χ0v) is 16.4. The van der Waals surface area contributed by atoms with Crippen LogP contribution in [0.1, 0.15) is 11.1 Å². The Kier molecular flexibility index (Phi) is 5.28. The van der Waals surface area contributed by atoms with Crippen LogP contribution < -0.4 is 0 Å². The molecule has 1 heterocycles.